The number of aromatic nitrogens is 4. The molecule has 1 aromatic heterocycles. The summed E-state index contributed by atoms with van der Waals surface area (Å²) in [6, 6.07) is 17.5. The molecule has 7 nitrogen and oxygen atoms in total. The molecule has 2 aromatic carbocycles. The minimum Gasteiger partial charge on any atom is -0.494 e. The summed E-state index contributed by atoms with van der Waals surface area (Å²) in [7, 11) is 1.60. The van der Waals surface area contributed by atoms with Gasteiger partial charge in [0, 0.05) is 0 Å². The number of rotatable bonds is 9. The van der Waals surface area contributed by atoms with Gasteiger partial charge in [-0.3, -0.25) is 4.79 Å². The molecule has 8 heteroatoms. The highest BCUT2D eigenvalue weighted by Crippen LogP contribution is 2.28. The van der Waals surface area contributed by atoms with E-state index in [1.807, 2.05) is 61.5 Å². The summed E-state index contributed by atoms with van der Waals surface area (Å²) in [5.41, 5.74) is 1.84. The third-order valence-electron chi connectivity index (χ3n) is 4.50. The minimum absolute atomic E-state index is 0.0121. The van der Waals surface area contributed by atoms with Crippen LogP contribution in [0.4, 0.5) is 0 Å². The molecule has 1 amide bonds. The van der Waals surface area contributed by atoms with Crippen molar-refractivity contribution < 1.29 is 9.53 Å². The lowest BCUT2D eigenvalue weighted by Crippen LogP contribution is -2.34. The van der Waals surface area contributed by atoms with E-state index in [-0.39, 0.29) is 17.2 Å². The Kier molecular flexibility index (Phi) is 7.24. The number of amides is 1. The van der Waals surface area contributed by atoms with Gasteiger partial charge in [-0.05, 0) is 41.5 Å². The van der Waals surface area contributed by atoms with Gasteiger partial charge in [0.05, 0.1) is 18.4 Å². The molecule has 3 rings (SSSR count). The Bertz CT molecular complexity index is 932. The standard InChI is InChI=1S/C21H25N5O2S/c1-4-10-17(16-11-6-5-7-12-16)22-20(27)15(2)29-21-23-24-25-26(21)18-13-8-9-14-19(18)28-3/h5-9,11-15,17H,4,10H2,1-3H3,(H,22,27)/t15-,17-/m1/s1. The number of nitrogens with zero attached hydrogens (tertiary/aromatic N) is 4. The second kappa shape index (κ2) is 10.1. The lowest BCUT2D eigenvalue weighted by Gasteiger charge is -2.21. The summed E-state index contributed by atoms with van der Waals surface area (Å²) in [6.07, 6.45) is 1.86. The number of nitrogens with one attached hydrogen (secondary N) is 1. The van der Waals surface area contributed by atoms with Crippen LogP contribution in [0.1, 0.15) is 38.3 Å². The van der Waals surface area contributed by atoms with Crippen molar-refractivity contribution in [3.8, 4) is 11.4 Å². The van der Waals surface area contributed by atoms with Gasteiger partial charge in [-0.15, -0.1) is 5.10 Å². The van der Waals surface area contributed by atoms with Crippen LogP contribution in [0.25, 0.3) is 5.69 Å². The maximum Gasteiger partial charge on any atom is 0.233 e. The average Bonchev–Trinajstić information content (AvgIpc) is 3.21. The highest BCUT2D eigenvalue weighted by Gasteiger charge is 2.23. The van der Waals surface area contributed by atoms with Gasteiger partial charge < -0.3 is 10.1 Å². The predicted molar refractivity (Wildman–Crippen MR) is 113 cm³/mol. The number of carbonyl (C=O) groups excluding carboxylic acids is 1. The molecule has 0 unspecified atom stereocenters. The molecule has 1 heterocycles. The van der Waals surface area contributed by atoms with Gasteiger partial charge >= 0.3 is 0 Å². The van der Waals surface area contributed by atoms with E-state index in [0.29, 0.717) is 10.9 Å². The number of benzene rings is 2. The first-order valence-electron chi connectivity index (χ1n) is 9.57. The third-order valence-corrected chi connectivity index (χ3v) is 5.53. The second-order valence-electron chi connectivity index (χ2n) is 6.57. The number of hydrogen-bond donors (Lipinski definition) is 1. The molecule has 2 atom stereocenters. The van der Waals surface area contributed by atoms with Gasteiger partial charge in [0.2, 0.25) is 11.1 Å². The first kappa shape index (κ1) is 20.9. The minimum atomic E-state index is -0.363. The lowest BCUT2D eigenvalue weighted by atomic mass is 10.0. The fourth-order valence-electron chi connectivity index (χ4n) is 3.01. The van der Waals surface area contributed by atoms with E-state index in [4.69, 9.17) is 4.74 Å². The van der Waals surface area contributed by atoms with Crippen LogP contribution >= 0.6 is 11.8 Å². The monoisotopic (exact) mass is 411 g/mol. The number of ether oxygens (including phenoxy) is 1. The molecule has 3 aromatic rings. The number of para-hydroxylation sites is 2. The average molecular weight is 412 g/mol. The zero-order valence-electron chi connectivity index (χ0n) is 16.8. The molecule has 0 radical (unpaired) electrons. The molecule has 0 spiro atoms. The summed E-state index contributed by atoms with van der Waals surface area (Å²) in [5.74, 6) is 0.609. The normalized spacial score (nSPS) is 12.9. The smallest absolute Gasteiger partial charge is 0.233 e. The summed E-state index contributed by atoms with van der Waals surface area (Å²) in [4.78, 5) is 12.9. The highest BCUT2D eigenvalue weighted by atomic mass is 32.2. The van der Waals surface area contributed by atoms with E-state index >= 15 is 0 Å². The van der Waals surface area contributed by atoms with Crippen LogP contribution in [-0.2, 0) is 4.79 Å². The van der Waals surface area contributed by atoms with Crippen LogP contribution < -0.4 is 10.1 Å². The molecule has 0 saturated heterocycles. The number of carbonyl (C=O) groups is 1. The Hall–Kier alpha value is -2.87. The van der Waals surface area contributed by atoms with Crippen molar-refractivity contribution in [3.05, 3.63) is 60.2 Å². The van der Waals surface area contributed by atoms with Crippen molar-refractivity contribution in [1.29, 1.82) is 0 Å². The molecule has 29 heavy (non-hydrogen) atoms. The predicted octanol–water partition coefficient (Wildman–Crippen LogP) is 3.81. The van der Waals surface area contributed by atoms with Gasteiger partial charge in [0.25, 0.3) is 0 Å². The third kappa shape index (κ3) is 5.14. The van der Waals surface area contributed by atoms with E-state index in [1.165, 1.54) is 11.8 Å². The van der Waals surface area contributed by atoms with Gasteiger partial charge in [-0.25, -0.2) is 0 Å². The van der Waals surface area contributed by atoms with Crippen LogP contribution in [0.3, 0.4) is 0 Å². The zero-order valence-corrected chi connectivity index (χ0v) is 17.6. The Morgan fingerprint density at radius 2 is 1.90 bits per heavy atom. The Morgan fingerprint density at radius 3 is 2.62 bits per heavy atom. The number of thioether (sulfide) groups is 1. The SMILES string of the molecule is CCC[C@@H](NC(=O)[C@@H](C)Sc1nnnn1-c1ccccc1OC)c1ccccc1. The van der Waals surface area contributed by atoms with Crippen LogP contribution in [0.5, 0.6) is 5.75 Å². The highest BCUT2D eigenvalue weighted by molar-refractivity contribution is 8.00. The largest absolute Gasteiger partial charge is 0.494 e. The molecule has 0 aliphatic rings. The Labute approximate surface area is 174 Å². The number of hydrogen-bond acceptors (Lipinski definition) is 6. The number of tetrazole rings is 1. The molecule has 152 valence electrons. The van der Waals surface area contributed by atoms with Crippen molar-refractivity contribution in [2.45, 2.75) is 43.1 Å². The molecular formula is C21H25N5O2S. The topological polar surface area (TPSA) is 81.9 Å². The maximum atomic E-state index is 12.9. The Morgan fingerprint density at radius 1 is 1.17 bits per heavy atom. The maximum absolute atomic E-state index is 12.9. The first-order chi connectivity index (χ1) is 14.1. The molecule has 0 fully saturated rings. The van der Waals surface area contributed by atoms with Crippen molar-refractivity contribution in [1.82, 2.24) is 25.5 Å². The molecule has 1 N–H and O–H groups in total. The quantitative estimate of drug-likeness (QED) is 0.539. The van der Waals surface area contributed by atoms with Crippen molar-refractivity contribution in [2.24, 2.45) is 0 Å². The van der Waals surface area contributed by atoms with Crippen molar-refractivity contribution >= 4 is 17.7 Å². The number of methoxy groups -OCH3 is 1. The van der Waals surface area contributed by atoms with Crippen molar-refractivity contribution in [3.63, 3.8) is 0 Å². The van der Waals surface area contributed by atoms with Crippen LogP contribution in [0.15, 0.2) is 59.8 Å². The first-order valence-corrected chi connectivity index (χ1v) is 10.5. The van der Waals surface area contributed by atoms with E-state index in [1.54, 1.807) is 11.8 Å². The molecule has 0 aliphatic heterocycles. The van der Waals surface area contributed by atoms with Gasteiger partial charge in [0.15, 0.2) is 0 Å². The van der Waals surface area contributed by atoms with Gasteiger partial charge in [-0.2, -0.15) is 4.68 Å². The van der Waals surface area contributed by atoms with Crippen LogP contribution in [0.2, 0.25) is 0 Å². The van der Waals surface area contributed by atoms with E-state index in [2.05, 4.69) is 27.8 Å². The summed E-state index contributed by atoms with van der Waals surface area (Å²) in [5, 5.41) is 15.3. The molecule has 0 saturated carbocycles. The second-order valence-corrected chi connectivity index (χ2v) is 7.87. The fourth-order valence-corrected chi connectivity index (χ4v) is 3.81. The molecular weight excluding hydrogens is 386 g/mol. The van der Waals surface area contributed by atoms with Crippen LogP contribution in [0, 0.1) is 0 Å². The summed E-state index contributed by atoms with van der Waals surface area (Å²) in [6.45, 7) is 3.97. The summed E-state index contributed by atoms with van der Waals surface area (Å²) < 4.78 is 6.99. The van der Waals surface area contributed by atoms with E-state index in [9.17, 15) is 4.79 Å². The van der Waals surface area contributed by atoms with E-state index < -0.39 is 0 Å². The van der Waals surface area contributed by atoms with Crippen molar-refractivity contribution in [2.75, 3.05) is 7.11 Å². The fraction of sp³-hybridized carbons (Fsp3) is 0.333. The zero-order chi connectivity index (χ0) is 20.6. The Balaban J connectivity index is 1.73. The lowest BCUT2D eigenvalue weighted by molar-refractivity contribution is -0.121. The van der Waals surface area contributed by atoms with E-state index in [0.717, 1.165) is 24.1 Å². The molecule has 0 aliphatic carbocycles. The van der Waals surface area contributed by atoms with Gasteiger partial charge in [0.1, 0.15) is 11.4 Å². The summed E-state index contributed by atoms with van der Waals surface area (Å²) >= 11 is 1.31. The van der Waals surface area contributed by atoms with Crippen LogP contribution in [-0.4, -0.2) is 38.5 Å². The van der Waals surface area contributed by atoms with Gasteiger partial charge in [-0.1, -0.05) is 67.6 Å². The molecule has 0 bridgehead atoms.